The molecule has 1 saturated carbocycles. The van der Waals surface area contributed by atoms with E-state index < -0.39 is 5.41 Å². The molecule has 108 valence electrons. The van der Waals surface area contributed by atoms with Gasteiger partial charge in [0.25, 0.3) is 0 Å². The Morgan fingerprint density at radius 3 is 2.70 bits per heavy atom. The van der Waals surface area contributed by atoms with E-state index in [1.165, 1.54) is 43.1 Å². The summed E-state index contributed by atoms with van der Waals surface area (Å²) < 4.78 is 14.0. The summed E-state index contributed by atoms with van der Waals surface area (Å²) >= 11 is 0. The van der Waals surface area contributed by atoms with Gasteiger partial charge in [0.1, 0.15) is 5.82 Å². The number of anilines is 1. The van der Waals surface area contributed by atoms with Crippen LogP contribution >= 0.6 is 0 Å². The maximum atomic E-state index is 14.0. The topological polar surface area (TPSA) is 20.3 Å². The molecule has 1 amide bonds. The van der Waals surface area contributed by atoms with Gasteiger partial charge >= 0.3 is 0 Å². The van der Waals surface area contributed by atoms with Gasteiger partial charge in [-0.05, 0) is 30.9 Å². The molecule has 0 spiro atoms. The molecule has 0 radical (unpaired) electrons. The van der Waals surface area contributed by atoms with Crippen molar-refractivity contribution in [2.75, 3.05) is 11.9 Å². The molecule has 3 heteroatoms. The third-order valence-electron chi connectivity index (χ3n) is 5.11. The Hall–Kier alpha value is -1.38. The van der Waals surface area contributed by atoms with Gasteiger partial charge in [0.2, 0.25) is 5.91 Å². The lowest BCUT2D eigenvalue weighted by Gasteiger charge is -2.30. The van der Waals surface area contributed by atoms with Crippen LogP contribution in [0.3, 0.4) is 0 Å². The van der Waals surface area contributed by atoms with Gasteiger partial charge in [-0.3, -0.25) is 4.79 Å². The van der Waals surface area contributed by atoms with Crippen LogP contribution in [0.15, 0.2) is 18.2 Å². The number of hydrogen-bond acceptors (Lipinski definition) is 1. The number of amides is 1. The molecule has 1 unspecified atom stereocenters. The van der Waals surface area contributed by atoms with Gasteiger partial charge in [0, 0.05) is 7.05 Å². The fourth-order valence-corrected chi connectivity index (χ4v) is 4.05. The average molecular weight is 275 g/mol. The molecule has 20 heavy (non-hydrogen) atoms. The Bertz CT molecular complexity index is 536. The van der Waals surface area contributed by atoms with Crippen molar-refractivity contribution in [1.82, 2.24) is 0 Å². The molecule has 1 aliphatic carbocycles. The molecule has 0 bridgehead atoms. The second kappa shape index (κ2) is 4.87. The first-order valence-corrected chi connectivity index (χ1v) is 7.61. The minimum absolute atomic E-state index is 0.0446. The molecular weight excluding hydrogens is 253 g/mol. The first-order chi connectivity index (χ1) is 9.54. The van der Waals surface area contributed by atoms with Crippen LogP contribution in [0.5, 0.6) is 0 Å². The quantitative estimate of drug-likeness (QED) is 0.798. The predicted octanol–water partition coefficient (Wildman–Crippen LogP) is 4.03. The van der Waals surface area contributed by atoms with Gasteiger partial charge in [0.15, 0.2) is 0 Å². The van der Waals surface area contributed by atoms with Gasteiger partial charge in [-0.15, -0.1) is 0 Å². The Labute approximate surface area is 120 Å². The van der Waals surface area contributed by atoms with Crippen LogP contribution < -0.4 is 4.90 Å². The first-order valence-electron chi connectivity index (χ1n) is 7.61. The summed E-state index contributed by atoms with van der Waals surface area (Å²) in [6, 6.07) is 5.08. The zero-order valence-electron chi connectivity index (χ0n) is 12.3. The molecule has 0 N–H and O–H groups in total. The number of carbonyl (C=O) groups is 1. The third kappa shape index (κ3) is 1.95. The molecule has 1 aliphatic heterocycles. The largest absolute Gasteiger partial charge is 0.312 e. The molecule has 1 aromatic rings. The minimum Gasteiger partial charge on any atom is -0.312 e. The van der Waals surface area contributed by atoms with Crippen molar-refractivity contribution in [3.8, 4) is 0 Å². The van der Waals surface area contributed by atoms with Crippen molar-refractivity contribution in [2.45, 2.75) is 50.9 Å². The number of fused-ring (bicyclic) bond motifs is 1. The number of rotatable bonds is 2. The summed E-state index contributed by atoms with van der Waals surface area (Å²) in [5.74, 6) is 0.356. The van der Waals surface area contributed by atoms with Crippen LogP contribution in [0.1, 0.15) is 51.0 Å². The summed E-state index contributed by atoms with van der Waals surface area (Å²) in [6.45, 7) is 1.99. The van der Waals surface area contributed by atoms with Crippen LogP contribution in [0.2, 0.25) is 0 Å². The summed E-state index contributed by atoms with van der Waals surface area (Å²) in [7, 11) is 1.69. The van der Waals surface area contributed by atoms with Crippen molar-refractivity contribution >= 4 is 11.6 Å². The molecule has 1 atom stereocenters. The number of carbonyl (C=O) groups excluding carboxylic acids is 1. The Morgan fingerprint density at radius 2 is 2.00 bits per heavy atom. The fourth-order valence-electron chi connectivity index (χ4n) is 4.05. The highest BCUT2D eigenvalue weighted by atomic mass is 19.1. The van der Waals surface area contributed by atoms with Gasteiger partial charge in [-0.1, -0.05) is 44.2 Å². The van der Waals surface area contributed by atoms with E-state index in [4.69, 9.17) is 0 Å². The van der Waals surface area contributed by atoms with E-state index >= 15 is 0 Å². The average Bonchev–Trinajstić information content (AvgIpc) is 2.63. The summed E-state index contributed by atoms with van der Waals surface area (Å²) in [4.78, 5) is 14.2. The molecule has 2 nitrogen and oxygen atoms in total. The fraction of sp³-hybridized carbons (Fsp3) is 0.588. The Kier molecular flexibility index (Phi) is 3.31. The Balaban J connectivity index is 1.96. The lowest BCUT2D eigenvalue weighted by molar-refractivity contribution is -0.123. The Morgan fingerprint density at radius 1 is 1.30 bits per heavy atom. The van der Waals surface area contributed by atoms with Crippen LogP contribution in [-0.2, 0) is 10.2 Å². The van der Waals surface area contributed by atoms with Crippen molar-refractivity contribution in [2.24, 2.45) is 5.92 Å². The van der Waals surface area contributed by atoms with E-state index in [1.807, 2.05) is 13.0 Å². The van der Waals surface area contributed by atoms with E-state index in [1.54, 1.807) is 13.1 Å². The van der Waals surface area contributed by atoms with Crippen LogP contribution in [0.4, 0.5) is 10.1 Å². The van der Waals surface area contributed by atoms with Crippen molar-refractivity contribution in [3.05, 3.63) is 29.6 Å². The van der Waals surface area contributed by atoms with Gasteiger partial charge < -0.3 is 4.90 Å². The molecule has 3 rings (SSSR count). The summed E-state index contributed by atoms with van der Waals surface area (Å²) in [5.41, 5.74) is 0.806. The highest BCUT2D eigenvalue weighted by molar-refractivity contribution is 6.07. The van der Waals surface area contributed by atoms with Crippen molar-refractivity contribution in [1.29, 1.82) is 0 Å². The second-order valence-electron chi connectivity index (χ2n) is 6.54. The zero-order chi connectivity index (χ0) is 14.3. The lowest BCUT2D eigenvalue weighted by atomic mass is 9.72. The molecule has 0 aromatic heterocycles. The standard InChI is InChI=1S/C17H22FNO/c1-17(11-12-7-4-3-5-8-12)13-9-6-10-14(18)15(13)19(2)16(17)20/h6,9-10,12H,3-5,7-8,11H2,1-2H3. The maximum absolute atomic E-state index is 14.0. The van der Waals surface area contributed by atoms with Crippen LogP contribution in [0, 0.1) is 11.7 Å². The molecule has 1 heterocycles. The number of nitrogens with zero attached hydrogens (tertiary/aromatic N) is 1. The summed E-state index contributed by atoms with van der Waals surface area (Å²) in [5, 5.41) is 0. The molecular formula is C17H22FNO. The minimum atomic E-state index is -0.547. The van der Waals surface area contributed by atoms with Crippen LogP contribution in [0.25, 0.3) is 0 Å². The van der Waals surface area contributed by atoms with Gasteiger partial charge in [-0.2, -0.15) is 0 Å². The molecule has 1 aromatic carbocycles. The monoisotopic (exact) mass is 275 g/mol. The van der Waals surface area contributed by atoms with E-state index in [9.17, 15) is 9.18 Å². The normalized spacial score (nSPS) is 26.9. The van der Waals surface area contributed by atoms with E-state index in [0.717, 1.165) is 12.0 Å². The highest BCUT2D eigenvalue weighted by Gasteiger charge is 2.48. The first kappa shape index (κ1) is 13.6. The molecule has 0 saturated heterocycles. The second-order valence-corrected chi connectivity index (χ2v) is 6.54. The molecule has 2 aliphatic rings. The highest BCUT2D eigenvalue weighted by Crippen LogP contribution is 2.47. The van der Waals surface area contributed by atoms with E-state index in [2.05, 4.69) is 0 Å². The number of para-hydroxylation sites is 1. The zero-order valence-corrected chi connectivity index (χ0v) is 12.3. The maximum Gasteiger partial charge on any atom is 0.237 e. The number of halogens is 1. The van der Waals surface area contributed by atoms with Crippen molar-refractivity contribution in [3.63, 3.8) is 0 Å². The lowest BCUT2D eigenvalue weighted by Crippen LogP contribution is -2.38. The van der Waals surface area contributed by atoms with Crippen LogP contribution in [-0.4, -0.2) is 13.0 Å². The predicted molar refractivity (Wildman–Crippen MR) is 78.4 cm³/mol. The van der Waals surface area contributed by atoms with Crippen molar-refractivity contribution < 1.29 is 9.18 Å². The SMILES string of the molecule is CN1C(=O)C(C)(CC2CCCCC2)c2cccc(F)c21. The van der Waals surface area contributed by atoms with Gasteiger partial charge in [-0.25, -0.2) is 4.39 Å². The number of likely N-dealkylation sites (N-methyl/N-ethyl adjacent to an activating group) is 1. The van der Waals surface area contributed by atoms with E-state index in [0.29, 0.717) is 11.6 Å². The van der Waals surface area contributed by atoms with E-state index in [-0.39, 0.29) is 11.7 Å². The third-order valence-corrected chi connectivity index (χ3v) is 5.11. The molecule has 1 fully saturated rings. The summed E-state index contributed by atoms with van der Waals surface area (Å²) in [6.07, 6.45) is 7.11. The smallest absolute Gasteiger partial charge is 0.237 e. The van der Waals surface area contributed by atoms with Gasteiger partial charge in [0.05, 0.1) is 11.1 Å². The number of hydrogen-bond donors (Lipinski definition) is 0. The number of benzene rings is 1.